The van der Waals surface area contributed by atoms with Crippen LogP contribution < -0.4 is 10.1 Å². The molecule has 0 spiro atoms. The minimum atomic E-state index is -0.145. The average molecular weight is 302 g/mol. The Labute approximate surface area is 126 Å². The number of methoxy groups -OCH3 is 1. The maximum absolute atomic E-state index is 11.4. The lowest BCUT2D eigenvalue weighted by Crippen LogP contribution is -2.25. The Hall–Kier alpha value is -2.46. The van der Waals surface area contributed by atoms with Crippen LogP contribution in [0.1, 0.15) is 0 Å². The van der Waals surface area contributed by atoms with Crippen molar-refractivity contribution in [2.45, 2.75) is 5.16 Å². The normalized spacial score (nSPS) is 9.90. The summed E-state index contributed by atoms with van der Waals surface area (Å²) >= 11 is 1.24. The van der Waals surface area contributed by atoms with E-state index < -0.39 is 0 Å². The number of aromatic nitrogens is 3. The molecule has 6 nitrogen and oxygen atoms in total. The van der Waals surface area contributed by atoms with E-state index in [0.29, 0.717) is 11.0 Å². The summed E-state index contributed by atoms with van der Waals surface area (Å²) in [5.74, 6) is 3.84. The van der Waals surface area contributed by atoms with Crippen molar-refractivity contribution in [1.29, 1.82) is 0 Å². The van der Waals surface area contributed by atoms with Gasteiger partial charge in [-0.1, -0.05) is 17.7 Å². The first-order valence-electron chi connectivity index (χ1n) is 6.12. The van der Waals surface area contributed by atoms with Gasteiger partial charge in [0.15, 0.2) is 5.82 Å². The lowest BCUT2D eigenvalue weighted by atomic mass is 10.2. The van der Waals surface area contributed by atoms with Gasteiger partial charge in [0.2, 0.25) is 11.1 Å². The monoisotopic (exact) mass is 302 g/mol. The lowest BCUT2D eigenvalue weighted by Gasteiger charge is -2.00. The van der Waals surface area contributed by atoms with Crippen molar-refractivity contribution in [2.24, 2.45) is 0 Å². The van der Waals surface area contributed by atoms with Gasteiger partial charge in [0.25, 0.3) is 0 Å². The molecule has 2 rings (SSSR count). The Balaban J connectivity index is 1.94. The minimum Gasteiger partial charge on any atom is -0.497 e. The maximum Gasteiger partial charge on any atom is 0.231 e. The molecule has 1 aromatic carbocycles. The van der Waals surface area contributed by atoms with Crippen LogP contribution in [0.2, 0.25) is 0 Å². The Morgan fingerprint density at radius 2 is 2.24 bits per heavy atom. The molecule has 0 aliphatic rings. The van der Waals surface area contributed by atoms with Gasteiger partial charge < -0.3 is 10.1 Å². The van der Waals surface area contributed by atoms with Gasteiger partial charge in [-0.2, -0.15) is 0 Å². The van der Waals surface area contributed by atoms with Gasteiger partial charge in [-0.15, -0.1) is 11.5 Å². The molecule has 108 valence electrons. The van der Waals surface area contributed by atoms with Crippen molar-refractivity contribution in [3.05, 3.63) is 24.3 Å². The van der Waals surface area contributed by atoms with E-state index in [0.717, 1.165) is 11.3 Å². The zero-order valence-electron chi connectivity index (χ0n) is 11.4. The number of benzene rings is 1. The molecule has 0 aliphatic heterocycles. The quantitative estimate of drug-likeness (QED) is 0.621. The molecule has 0 atom stereocenters. The number of aromatic amines is 1. The maximum atomic E-state index is 11.4. The predicted molar refractivity (Wildman–Crippen MR) is 80.9 cm³/mol. The zero-order valence-corrected chi connectivity index (χ0v) is 12.2. The highest BCUT2D eigenvalue weighted by molar-refractivity contribution is 7.99. The summed E-state index contributed by atoms with van der Waals surface area (Å²) in [5.41, 5.74) is 0.895. The molecule has 2 aromatic rings. The summed E-state index contributed by atoms with van der Waals surface area (Å²) in [6.07, 6.45) is 5.06. The fraction of sp³-hybridized carbons (Fsp3) is 0.214. The number of ether oxygens (including phenoxy) is 1. The number of amides is 1. The number of nitrogens with zero attached hydrogens (tertiary/aromatic N) is 2. The second-order valence-corrected chi connectivity index (χ2v) is 4.91. The molecule has 0 aliphatic carbocycles. The average Bonchev–Trinajstić information content (AvgIpc) is 3.00. The SMILES string of the molecule is C#CCNC(=O)CSc1n[nH]c(-c2ccc(OC)cc2)n1. The first-order chi connectivity index (χ1) is 10.2. The van der Waals surface area contributed by atoms with E-state index in [1.54, 1.807) is 7.11 Å². The smallest absolute Gasteiger partial charge is 0.231 e. The minimum absolute atomic E-state index is 0.145. The number of carbonyl (C=O) groups is 1. The third kappa shape index (κ3) is 4.26. The highest BCUT2D eigenvalue weighted by atomic mass is 32.2. The van der Waals surface area contributed by atoms with Gasteiger partial charge in [-0.25, -0.2) is 4.98 Å². The lowest BCUT2D eigenvalue weighted by molar-refractivity contribution is -0.118. The molecule has 0 saturated heterocycles. The molecule has 0 saturated carbocycles. The second kappa shape index (κ2) is 7.36. The molecule has 1 heterocycles. The van der Waals surface area contributed by atoms with Crippen molar-refractivity contribution in [1.82, 2.24) is 20.5 Å². The number of terminal acetylenes is 1. The Kier molecular flexibility index (Phi) is 5.23. The summed E-state index contributed by atoms with van der Waals surface area (Å²) in [4.78, 5) is 15.7. The number of carbonyl (C=O) groups excluding carboxylic acids is 1. The van der Waals surface area contributed by atoms with Crippen LogP contribution in [0.4, 0.5) is 0 Å². The number of nitrogens with one attached hydrogen (secondary N) is 2. The van der Waals surface area contributed by atoms with Crippen LogP contribution in [0.5, 0.6) is 5.75 Å². The van der Waals surface area contributed by atoms with Crippen LogP contribution in [-0.4, -0.2) is 40.5 Å². The summed E-state index contributed by atoms with van der Waals surface area (Å²) in [7, 11) is 1.61. The third-order valence-corrected chi connectivity index (χ3v) is 3.40. The van der Waals surface area contributed by atoms with Gasteiger partial charge in [-0.05, 0) is 24.3 Å². The highest BCUT2D eigenvalue weighted by Crippen LogP contribution is 2.21. The Bertz CT molecular complexity index is 646. The molecule has 7 heteroatoms. The molecule has 0 fully saturated rings. The van der Waals surface area contributed by atoms with Gasteiger partial charge in [0.1, 0.15) is 5.75 Å². The highest BCUT2D eigenvalue weighted by Gasteiger charge is 2.08. The van der Waals surface area contributed by atoms with E-state index in [9.17, 15) is 4.79 Å². The first kappa shape index (κ1) is 14.9. The van der Waals surface area contributed by atoms with E-state index in [4.69, 9.17) is 11.2 Å². The molecule has 21 heavy (non-hydrogen) atoms. The molecule has 1 amide bonds. The van der Waals surface area contributed by atoms with Crippen LogP contribution in [0.15, 0.2) is 29.4 Å². The van der Waals surface area contributed by atoms with E-state index in [2.05, 4.69) is 26.4 Å². The van der Waals surface area contributed by atoms with Gasteiger partial charge >= 0.3 is 0 Å². The van der Waals surface area contributed by atoms with Gasteiger partial charge in [0.05, 0.1) is 19.4 Å². The van der Waals surface area contributed by atoms with Crippen LogP contribution >= 0.6 is 11.8 Å². The largest absolute Gasteiger partial charge is 0.497 e. The third-order valence-electron chi connectivity index (χ3n) is 2.55. The van der Waals surface area contributed by atoms with Crippen LogP contribution in [0, 0.1) is 12.3 Å². The summed E-state index contributed by atoms with van der Waals surface area (Å²) in [6, 6.07) is 7.46. The zero-order chi connectivity index (χ0) is 15.1. The summed E-state index contributed by atoms with van der Waals surface area (Å²) < 4.78 is 5.10. The van der Waals surface area contributed by atoms with Crippen LogP contribution in [0.3, 0.4) is 0 Å². The fourth-order valence-electron chi connectivity index (χ4n) is 1.52. The molecular weight excluding hydrogens is 288 g/mol. The summed E-state index contributed by atoms with van der Waals surface area (Å²) in [6.45, 7) is 0.227. The van der Waals surface area contributed by atoms with Crippen LogP contribution in [-0.2, 0) is 4.79 Å². The number of hydrogen-bond acceptors (Lipinski definition) is 5. The van der Waals surface area contributed by atoms with Crippen molar-refractivity contribution in [3.8, 4) is 29.5 Å². The topological polar surface area (TPSA) is 79.9 Å². The number of rotatable bonds is 6. The van der Waals surface area contributed by atoms with Crippen molar-refractivity contribution < 1.29 is 9.53 Å². The fourth-order valence-corrected chi connectivity index (χ4v) is 2.15. The molecule has 0 unspecified atom stereocenters. The van der Waals surface area contributed by atoms with Crippen molar-refractivity contribution in [3.63, 3.8) is 0 Å². The van der Waals surface area contributed by atoms with Crippen molar-refractivity contribution >= 4 is 17.7 Å². The van der Waals surface area contributed by atoms with Gasteiger partial charge in [0, 0.05) is 5.56 Å². The molecule has 2 N–H and O–H groups in total. The predicted octanol–water partition coefficient (Wildman–Crippen LogP) is 1.32. The van der Waals surface area contributed by atoms with E-state index >= 15 is 0 Å². The Morgan fingerprint density at radius 1 is 1.48 bits per heavy atom. The first-order valence-corrected chi connectivity index (χ1v) is 7.11. The Morgan fingerprint density at radius 3 is 2.90 bits per heavy atom. The molecular formula is C14H14N4O2S. The number of thioether (sulfide) groups is 1. The van der Waals surface area contributed by atoms with E-state index in [1.165, 1.54) is 11.8 Å². The van der Waals surface area contributed by atoms with Crippen molar-refractivity contribution in [2.75, 3.05) is 19.4 Å². The summed E-state index contributed by atoms with van der Waals surface area (Å²) in [5, 5.41) is 9.99. The molecule has 1 aromatic heterocycles. The number of hydrogen-bond donors (Lipinski definition) is 2. The van der Waals surface area contributed by atoms with Crippen LogP contribution in [0.25, 0.3) is 11.4 Å². The molecule has 0 bridgehead atoms. The van der Waals surface area contributed by atoms with Gasteiger partial charge in [-0.3, -0.25) is 9.89 Å². The van der Waals surface area contributed by atoms with E-state index in [-0.39, 0.29) is 18.2 Å². The molecule has 0 radical (unpaired) electrons. The standard InChI is InChI=1S/C14H14N4O2S/c1-3-8-15-12(19)9-21-14-16-13(17-18-14)10-4-6-11(20-2)7-5-10/h1,4-7H,8-9H2,2H3,(H,15,19)(H,16,17,18). The van der Waals surface area contributed by atoms with E-state index in [1.807, 2.05) is 24.3 Å². The number of H-pyrrole nitrogens is 1. The second-order valence-electron chi connectivity index (χ2n) is 3.96.